The molecular formula is C11H23NO2. The zero-order chi connectivity index (χ0) is 10.6. The Hall–Kier alpha value is -0.120. The van der Waals surface area contributed by atoms with Crippen LogP contribution in [0.2, 0.25) is 0 Å². The highest BCUT2D eigenvalue weighted by Crippen LogP contribution is 2.33. The largest absolute Gasteiger partial charge is 0.395 e. The van der Waals surface area contributed by atoms with E-state index in [1.54, 1.807) is 7.11 Å². The highest BCUT2D eigenvalue weighted by atomic mass is 16.5. The average molecular weight is 201 g/mol. The molecule has 14 heavy (non-hydrogen) atoms. The molecule has 1 aliphatic rings. The molecule has 0 aromatic heterocycles. The molecule has 0 aromatic carbocycles. The Morgan fingerprint density at radius 2 is 2.07 bits per heavy atom. The normalized spacial score (nSPS) is 21.2. The maximum Gasteiger partial charge on any atom is 0.0618 e. The summed E-state index contributed by atoms with van der Waals surface area (Å²) in [6, 6.07) is 0.635. The van der Waals surface area contributed by atoms with Crippen LogP contribution in [0, 0.1) is 11.8 Å². The van der Waals surface area contributed by atoms with Crippen LogP contribution in [0.1, 0.15) is 26.7 Å². The van der Waals surface area contributed by atoms with Crippen molar-refractivity contribution in [2.45, 2.75) is 38.8 Å². The first-order valence-electron chi connectivity index (χ1n) is 5.54. The first-order valence-corrected chi connectivity index (χ1v) is 5.54. The van der Waals surface area contributed by atoms with Crippen LogP contribution < -0.4 is 5.32 Å². The number of hydrogen-bond donors (Lipinski definition) is 2. The van der Waals surface area contributed by atoms with E-state index in [0.717, 1.165) is 12.5 Å². The lowest BCUT2D eigenvalue weighted by atomic mass is 10.0. The third-order valence-electron chi connectivity index (χ3n) is 2.97. The van der Waals surface area contributed by atoms with Crippen molar-refractivity contribution in [3.63, 3.8) is 0 Å². The van der Waals surface area contributed by atoms with Crippen molar-refractivity contribution >= 4 is 0 Å². The van der Waals surface area contributed by atoms with Crippen molar-refractivity contribution in [2.24, 2.45) is 11.8 Å². The van der Waals surface area contributed by atoms with Gasteiger partial charge in [0.05, 0.1) is 13.2 Å². The summed E-state index contributed by atoms with van der Waals surface area (Å²) in [5, 5.41) is 12.7. The van der Waals surface area contributed by atoms with Gasteiger partial charge in [0.1, 0.15) is 0 Å². The summed E-state index contributed by atoms with van der Waals surface area (Å²) in [4.78, 5) is 0. The first-order chi connectivity index (χ1) is 6.69. The molecule has 0 saturated heterocycles. The minimum atomic E-state index is 0.204. The van der Waals surface area contributed by atoms with E-state index >= 15 is 0 Å². The molecule has 0 aliphatic heterocycles. The Morgan fingerprint density at radius 1 is 1.43 bits per heavy atom. The molecule has 3 heteroatoms. The highest BCUT2D eigenvalue weighted by Gasteiger charge is 2.32. The van der Waals surface area contributed by atoms with E-state index in [4.69, 9.17) is 4.74 Å². The van der Waals surface area contributed by atoms with Crippen molar-refractivity contribution in [3.8, 4) is 0 Å². The van der Waals surface area contributed by atoms with Crippen molar-refractivity contribution in [1.82, 2.24) is 5.32 Å². The summed E-state index contributed by atoms with van der Waals surface area (Å²) in [7, 11) is 1.74. The smallest absolute Gasteiger partial charge is 0.0618 e. The number of methoxy groups -OCH3 is 1. The monoisotopic (exact) mass is 201 g/mol. The Kier molecular flexibility index (Phi) is 4.85. The van der Waals surface area contributed by atoms with E-state index in [2.05, 4.69) is 19.2 Å². The number of nitrogens with one attached hydrogen (secondary N) is 1. The maximum absolute atomic E-state index is 9.21. The zero-order valence-corrected chi connectivity index (χ0v) is 9.49. The molecule has 2 atom stereocenters. The van der Waals surface area contributed by atoms with Crippen LogP contribution in [-0.2, 0) is 4.74 Å². The lowest BCUT2D eigenvalue weighted by Gasteiger charge is -2.26. The van der Waals surface area contributed by atoms with Gasteiger partial charge in [-0.1, -0.05) is 13.8 Å². The molecule has 0 radical (unpaired) electrons. The number of hydrogen-bond acceptors (Lipinski definition) is 3. The molecule has 1 aliphatic carbocycles. The number of ether oxygens (including phenoxy) is 1. The predicted octanol–water partition coefficient (Wildman–Crippen LogP) is 1.02. The van der Waals surface area contributed by atoms with Gasteiger partial charge >= 0.3 is 0 Å². The first kappa shape index (κ1) is 12.0. The summed E-state index contributed by atoms with van der Waals surface area (Å²) >= 11 is 0. The molecule has 3 nitrogen and oxygen atoms in total. The molecule has 0 amide bonds. The second-order valence-electron chi connectivity index (χ2n) is 4.60. The van der Waals surface area contributed by atoms with E-state index in [9.17, 15) is 5.11 Å². The van der Waals surface area contributed by atoms with Crippen LogP contribution in [0.3, 0.4) is 0 Å². The molecule has 2 N–H and O–H groups in total. The van der Waals surface area contributed by atoms with Crippen LogP contribution in [0.15, 0.2) is 0 Å². The molecule has 84 valence electrons. The van der Waals surface area contributed by atoms with Crippen LogP contribution in [0.25, 0.3) is 0 Å². The second-order valence-corrected chi connectivity index (χ2v) is 4.60. The quantitative estimate of drug-likeness (QED) is 0.646. The van der Waals surface area contributed by atoms with Gasteiger partial charge in [-0.3, -0.25) is 0 Å². The summed E-state index contributed by atoms with van der Waals surface area (Å²) in [5.41, 5.74) is 0. The highest BCUT2D eigenvalue weighted by molar-refractivity contribution is 4.88. The molecule has 0 aromatic rings. The zero-order valence-electron chi connectivity index (χ0n) is 9.49. The van der Waals surface area contributed by atoms with E-state index in [1.807, 2.05) is 0 Å². The summed E-state index contributed by atoms with van der Waals surface area (Å²) in [5.74, 6) is 1.24. The summed E-state index contributed by atoms with van der Waals surface area (Å²) in [6.07, 6.45) is 2.61. The average Bonchev–Trinajstić information content (AvgIpc) is 2.94. The van der Waals surface area contributed by atoms with Gasteiger partial charge in [-0.15, -0.1) is 0 Å². The van der Waals surface area contributed by atoms with E-state index in [-0.39, 0.29) is 12.6 Å². The third-order valence-corrected chi connectivity index (χ3v) is 2.97. The van der Waals surface area contributed by atoms with Gasteiger partial charge in [0.15, 0.2) is 0 Å². The fraction of sp³-hybridized carbons (Fsp3) is 1.00. The molecule has 1 saturated carbocycles. The third kappa shape index (κ3) is 3.56. The minimum Gasteiger partial charge on any atom is -0.395 e. The van der Waals surface area contributed by atoms with Crippen molar-refractivity contribution < 1.29 is 9.84 Å². The number of rotatable bonds is 7. The van der Waals surface area contributed by atoms with Crippen molar-refractivity contribution in [3.05, 3.63) is 0 Å². The minimum absolute atomic E-state index is 0.204. The molecule has 0 spiro atoms. The van der Waals surface area contributed by atoms with Crippen LogP contribution in [0.5, 0.6) is 0 Å². The Morgan fingerprint density at radius 3 is 2.43 bits per heavy atom. The van der Waals surface area contributed by atoms with Crippen LogP contribution >= 0.6 is 0 Å². The molecule has 0 heterocycles. The molecule has 0 bridgehead atoms. The fourth-order valence-corrected chi connectivity index (χ4v) is 1.73. The van der Waals surface area contributed by atoms with E-state index in [0.29, 0.717) is 12.0 Å². The van der Waals surface area contributed by atoms with Crippen LogP contribution in [-0.4, -0.2) is 37.5 Å². The van der Waals surface area contributed by atoms with Gasteiger partial charge in [0.2, 0.25) is 0 Å². The molecule has 1 fully saturated rings. The standard InChI is InChI=1S/C11H23NO2/c1-8(2)10(6-13)12-11(7-14-3)9-4-5-9/h8-13H,4-7H2,1-3H3/t10-,11?/m1/s1. The lowest BCUT2D eigenvalue weighted by molar-refractivity contribution is 0.129. The predicted molar refractivity (Wildman–Crippen MR) is 57.2 cm³/mol. The molecular weight excluding hydrogens is 178 g/mol. The van der Waals surface area contributed by atoms with Gasteiger partial charge in [-0.25, -0.2) is 0 Å². The lowest BCUT2D eigenvalue weighted by Crippen LogP contribution is -2.46. The molecule has 1 unspecified atom stereocenters. The van der Waals surface area contributed by atoms with Gasteiger partial charge in [-0.05, 0) is 24.7 Å². The van der Waals surface area contributed by atoms with E-state index in [1.165, 1.54) is 12.8 Å². The number of aliphatic hydroxyl groups excluding tert-OH is 1. The molecule has 1 rings (SSSR count). The van der Waals surface area contributed by atoms with Gasteiger partial charge in [-0.2, -0.15) is 0 Å². The van der Waals surface area contributed by atoms with Gasteiger partial charge in [0, 0.05) is 19.2 Å². The van der Waals surface area contributed by atoms with E-state index < -0.39 is 0 Å². The Balaban J connectivity index is 2.35. The van der Waals surface area contributed by atoms with Gasteiger partial charge < -0.3 is 15.2 Å². The topological polar surface area (TPSA) is 41.5 Å². The van der Waals surface area contributed by atoms with Crippen molar-refractivity contribution in [2.75, 3.05) is 20.3 Å². The number of aliphatic hydroxyl groups is 1. The Labute approximate surface area is 86.8 Å². The summed E-state index contributed by atoms with van der Waals surface area (Å²) in [6.45, 7) is 5.23. The Bertz CT molecular complexity index is 157. The fourth-order valence-electron chi connectivity index (χ4n) is 1.73. The SMILES string of the molecule is COCC(N[C@H](CO)C(C)C)C1CC1. The van der Waals surface area contributed by atoms with Gasteiger partial charge in [0.25, 0.3) is 0 Å². The summed E-state index contributed by atoms with van der Waals surface area (Å²) < 4.78 is 5.19. The maximum atomic E-state index is 9.21. The van der Waals surface area contributed by atoms with Crippen molar-refractivity contribution in [1.29, 1.82) is 0 Å². The second kappa shape index (κ2) is 5.69. The van der Waals surface area contributed by atoms with Crippen LogP contribution in [0.4, 0.5) is 0 Å².